The maximum absolute atomic E-state index is 13.6. The Morgan fingerprint density at radius 1 is 1.10 bits per heavy atom. The van der Waals surface area contributed by atoms with Crippen LogP contribution in [0.15, 0.2) is 18.2 Å². The number of carboxylic acids is 1. The summed E-state index contributed by atoms with van der Waals surface area (Å²) in [5, 5.41) is 8.78. The fourth-order valence-corrected chi connectivity index (χ4v) is 2.98. The number of aryl methyl sites for hydroxylation is 1. The molecule has 1 unspecified atom stereocenters. The number of hydrogen-bond donors (Lipinski definition) is 0. The number of rotatable bonds is 13. The summed E-state index contributed by atoms with van der Waals surface area (Å²) in [6.45, 7) is 11.7. The number of unbranched alkanes of at least 4 members (excludes halogenated alkanes) is 5. The lowest BCUT2D eigenvalue weighted by atomic mass is 10.1. The highest BCUT2D eigenvalue weighted by molar-refractivity contribution is 5.70. The highest BCUT2D eigenvalue weighted by atomic mass is 19.4. The van der Waals surface area contributed by atoms with E-state index in [0.29, 0.717) is 18.4 Å². The molecule has 0 heterocycles. The van der Waals surface area contributed by atoms with E-state index in [0.717, 1.165) is 24.9 Å². The lowest BCUT2D eigenvalue weighted by Gasteiger charge is -2.26. The average Bonchev–Trinajstić information content (AvgIpc) is 2.70. The first-order chi connectivity index (χ1) is 14.5. The van der Waals surface area contributed by atoms with Gasteiger partial charge in [-0.25, -0.2) is 4.39 Å². The Bertz CT molecular complexity index is 623. The van der Waals surface area contributed by atoms with E-state index < -0.39 is 12.1 Å². The number of hydrogen-bond acceptors (Lipinski definition) is 4. The molecule has 0 saturated heterocycles. The van der Waals surface area contributed by atoms with Crippen molar-refractivity contribution in [2.24, 2.45) is 0 Å². The largest absolute Gasteiger partial charge is 0.542 e. The monoisotopic (exact) mass is 450 g/mol. The molecule has 1 aromatic rings. The molecule has 1 rings (SSSR count). The minimum absolute atomic E-state index is 0.253. The summed E-state index contributed by atoms with van der Waals surface area (Å²) < 4.78 is 50.7. The van der Waals surface area contributed by atoms with Crippen LogP contribution in [0.1, 0.15) is 71.3 Å². The Kier molecular flexibility index (Phi) is 15.0. The molecular formula is C23H36F4NO3-. The Balaban J connectivity index is 0.00000110. The number of ether oxygens (including phenoxy) is 1. The third-order valence-corrected chi connectivity index (χ3v) is 5.04. The molecule has 0 N–H and O–H groups in total. The molecule has 8 heteroatoms. The van der Waals surface area contributed by atoms with Crippen molar-refractivity contribution >= 4 is 5.97 Å². The van der Waals surface area contributed by atoms with Gasteiger partial charge in [-0.1, -0.05) is 45.6 Å². The van der Waals surface area contributed by atoms with Crippen molar-refractivity contribution < 1.29 is 32.2 Å². The van der Waals surface area contributed by atoms with Crippen LogP contribution in [-0.2, 0) is 4.79 Å². The van der Waals surface area contributed by atoms with Crippen molar-refractivity contribution in [3.8, 4) is 5.75 Å². The van der Waals surface area contributed by atoms with Crippen LogP contribution in [0.3, 0.4) is 0 Å². The molecule has 0 bridgehead atoms. The quantitative estimate of drug-likeness (QED) is 0.303. The van der Waals surface area contributed by atoms with E-state index in [9.17, 15) is 17.6 Å². The molecule has 1 aromatic carbocycles. The van der Waals surface area contributed by atoms with Gasteiger partial charge in [-0.05, 0) is 63.9 Å². The first-order valence-electron chi connectivity index (χ1n) is 10.9. The smallest absolute Gasteiger partial charge is 0.430 e. The fourth-order valence-electron chi connectivity index (χ4n) is 2.98. The van der Waals surface area contributed by atoms with Crippen molar-refractivity contribution in [3.63, 3.8) is 0 Å². The summed E-state index contributed by atoms with van der Waals surface area (Å²) >= 11 is 0. The molecule has 0 spiro atoms. The number of aliphatic carboxylic acids is 1. The van der Waals surface area contributed by atoms with Gasteiger partial charge >= 0.3 is 6.18 Å². The first-order valence-corrected chi connectivity index (χ1v) is 10.9. The van der Waals surface area contributed by atoms with Gasteiger partial charge in [0.25, 0.3) is 0 Å². The van der Waals surface area contributed by atoms with Crippen LogP contribution in [0.5, 0.6) is 5.75 Å². The van der Waals surface area contributed by atoms with E-state index >= 15 is 0 Å². The zero-order chi connectivity index (χ0) is 23.9. The fraction of sp³-hybridized carbons (Fsp3) is 0.696. The zero-order valence-electron chi connectivity index (χ0n) is 19.1. The molecule has 0 fully saturated rings. The Morgan fingerprint density at radius 2 is 1.65 bits per heavy atom. The van der Waals surface area contributed by atoms with Crippen LogP contribution in [0, 0.1) is 12.7 Å². The molecule has 180 valence electrons. The van der Waals surface area contributed by atoms with Gasteiger partial charge in [0.2, 0.25) is 0 Å². The van der Waals surface area contributed by atoms with Crippen LogP contribution in [0.25, 0.3) is 0 Å². The summed E-state index contributed by atoms with van der Waals surface area (Å²) in [6.07, 6.45) is 3.34. The third-order valence-electron chi connectivity index (χ3n) is 5.04. The molecule has 0 amide bonds. The molecule has 4 nitrogen and oxygen atoms in total. The topological polar surface area (TPSA) is 52.6 Å². The van der Waals surface area contributed by atoms with Crippen molar-refractivity contribution in [2.75, 3.05) is 19.7 Å². The Morgan fingerprint density at radius 3 is 2.13 bits per heavy atom. The number of carbonyl (C=O) groups is 1. The summed E-state index contributed by atoms with van der Waals surface area (Å²) in [5.74, 6) is -2.88. The number of alkyl halides is 3. The summed E-state index contributed by atoms with van der Waals surface area (Å²) in [7, 11) is 0. The first kappa shape index (κ1) is 29.2. The van der Waals surface area contributed by atoms with Gasteiger partial charge in [-0.2, -0.15) is 13.2 Å². The van der Waals surface area contributed by atoms with Crippen LogP contribution in [-0.4, -0.2) is 42.8 Å². The molecule has 31 heavy (non-hydrogen) atoms. The van der Waals surface area contributed by atoms with E-state index in [2.05, 4.69) is 25.7 Å². The summed E-state index contributed by atoms with van der Waals surface area (Å²) in [4.78, 5) is 11.4. The maximum atomic E-state index is 13.6. The zero-order valence-corrected chi connectivity index (χ0v) is 19.1. The molecular weight excluding hydrogens is 414 g/mol. The second-order valence-electron chi connectivity index (χ2n) is 7.57. The SMILES string of the molecule is CCC(C)N(CC)CCCCCCCCOc1ccc(C)cc1F.O=C([O-])C(F)(F)F. The minimum atomic E-state index is -5.19. The van der Waals surface area contributed by atoms with Gasteiger partial charge in [0, 0.05) is 6.04 Å². The lowest BCUT2D eigenvalue weighted by Crippen LogP contribution is -2.37. The normalized spacial score (nSPS) is 12.3. The molecule has 0 aliphatic heterocycles. The van der Waals surface area contributed by atoms with Gasteiger partial charge < -0.3 is 19.5 Å². The van der Waals surface area contributed by atoms with Crippen LogP contribution in [0.2, 0.25) is 0 Å². The number of carbonyl (C=O) groups excluding carboxylic acids is 1. The van der Waals surface area contributed by atoms with Crippen LogP contribution in [0.4, 0.5) is 17.6 Å². The second kappa shape index (κ2) is 15.9. The van der Waals surface area contributed by atoms with E-state index in [1.807, 2.05) is 13.0 Å². The van der Waals surface area contributed by atoms with E-state index in [-0.39, 0.29) is 5.82 Å². The van der Waals surface area contributed by atoms with Gasteiger partial charge in [0.05, 0.1) is 6.61 Å². The Labute approximate surface area is 183 Å². The summed E-state index contributed by atoms with van der Waals surface area (Å²) in [6, 6.07) is 5.84. The van der Waals surface area contributed by atoms with Crippen molar-refractivity contribution in [2.45, 2.75) is 84.9 Å². The van der Waals surface area contributed by atoms with Crippen molar-refractivity contribution in [3.05, 3.63) is 29.6 Å². The van der Waals surface area contributed by atoms with E-state index in [4.69, 9.17) is 14.6 Å². The maximum Gasteiger partial charge on any atom is 0.430 e. The summed E-state index contributed by atoms with van der Waals surface area (Å²) in [5.41, 5.74) is 0.926. The molecule has 0 aromatic heterocycles. The van der Waals surface area contributed by atoms with Crippen molar-refractivity contribution in [1.82, 2.24) is 4.90 Å². The molecule has 0 radical (unpaired) electrons. The minimum Gasteiger partial charge on any atom is -0.542 e. The predicted octanol–water partition coefficient (Wildman–Crippen LogP) is 5.27. The number of halogens is 4. The van der Waals surface area contributed by atoms with E-state index in [1.165, 1.54) is 44.7 Å². The average molecular weight is 451 g/mol. The van der Waals surface area contributed by atoms with Gasteiger partial charge in [0.1, 0.15) is 5.97 Å². The Hall–Kier alpha value is -1.83. The number of carboxylic acid groups (broad SMARTS) is 1. The molecule has 0 aliphatic carbocycles. The third kappa shape index (κ3) is 14.0. The van der Waals surface area contributed by atoms with Gasteiger partial charge in [0.15, 0.2) is 11.6 Å². The van der Waals surface area contributed by atoms with E-state index in [1.54, 1.807) is 6.07 Å². The van der Waals surface area contributed by atoms with Gasteiger partial charge in [-0.15, -0.1) is 0 Å². The van der Waals surface area contributed by atoms with Crippen molar-refractivity contribution in [1.29, 1.82) is 0 Å². The lowest BCUT2D eigenvalue weighted by molar-refractivity contribution is -0.344. The van der Waals surface area contributed by atoms with Gasteiger partial charge in [-0.3, -0.25) is 0 Å². The molecule has 0 saturated carbocycles. The molecule has 1 atom stereocenters. The van der Waals surface area contributed by atoms with Crippen LogP contribution >= 0.6 is 0 Å². The number of benzene rings is 1. The standard InChI is InChI=1S/C21H36FNO.C2HF3O2/c1-5-19(4)23(6-2)15-11-9-7-8-10-12-16-24-21-14-13-18(3)17-20(21)22;3-2(4,5)1(6)7/h13-14,17,19H,5-12,15-16H2,1-4H3;(H,6,7)/p-1. The number of nitrogens with zero attached hydrogens (tertiary/aromatic N) is 1. The highest BCUT2D eigenvalue weighted by Crippen LogP contribution is 2.18. The highest BCUT2D eigenvalue weighted by Gasteiger charge is 2.28. The predicted molar refractivity (Wildman–Crippen MR) is 112 cm³/mol. The van der Waals surface area contributed by atoms with Crippen LogP contribution < -0.4 is 9.84 Å². The second-order valence-corrected chi connectivity index (χ2v) is 7.57. The molecule has 0 aliphatic rings.